The molecule has 286 valence electrons. The minimum atomic E-state index is 0.605. The van der Waals surface area contributed by atoms with Crippen LogP contribution < -0.4 is 0 Å². The summed E-state index contributed by atoms with van der Waals surface area (Å²) in [7, 11) is 0. The average molecular weight is 797 g/mol. The Morgan fingerprint density at radius 3 is 1.26 bits per heavy atom. The van der Waals surface area contributed by atoms with Gasteiger partial charge in [0.1, 0.15) is 0 Å². The molecule has 0 amide bonds. The van der Waals surface area contributed by atoms with Crippen LogP contribution in [0.4, 0.5) is 0 Å². The van der Waals surface area contributed by atoms with Crippen molar-refractivity contribution in [1.82, 2.24) is 19.9 Å². The third-order valence-corrected chi connectivity index (χ3v) is 12.4. The van der Waals surface area contributed by atoms with Crippen molar-refractivity contribution in [3.63, 3.8) is 0 Å². The van der Waals surface area contributed by atoms with Gasteiger partial charge in [-0.15, -0.1) is 11.3 Å². The van der Waals surface area contributed by atoms with Crippen LogP contribution in [-0.4, -0.2) is 19.9 Å². The Balaban J connectivity index is 1.10. The minimum absolute atomic E-state index is 0.605. The SMILES string of the molecule is c1ccc(-c2ccc(-c3nc(-c4ccc(-c5ccccc5)cc4)nc(-c4cccc(-c5c(-c6ccccc6)sc6c5c(-c5ccccc5)nc5ccccc56)c4)n3)cc2)cc1. The number of para-hydroxylation sites is 1. The molecule has 0 aliphatic rings. The number of fused-ring (bicyclic) bond motifs is 3. The molecule has 3 heterocycles. The number of pyridine rings is 1. The van der Waals surface area contributed by atoms with Crippen LogP contribution in [0, 0.1) is 0 Å². The van der Waals surface area contributed by atoms with E-state index in [0.717, 1.165) is 83.2 Å². The fourth-order valence-electron chi connectivity index (χ4n) is 8.12. The molecule has 5 heteroatoms. The predicted octanol–water partition coefficient (Wildman–Crippen LogP) is 15.0. The summed E-state index contributed by atoms with van der Waals surface area (Å²) in [5.41, 5.74) is 13.7. The van der Waals surface area contributed by atoms with E-state index in [1.807, 2.05) is 23.5 Å². The van der Waals surface area contributed by atoms with Crippen molar-refractivity contribution in [2.45, 2.75) is 0 Å². The van der Waals surface area contributed by atoms with E-state index in [2.05, 4.69) is 206 Å². The fraction of sp³-hybridized carbons (Fsp3) is 0. The van der Waals surface area contributed by atoms with Gasteiger partial charge in [-0.05, 0) is 45.5 Å². The van der Waals surface area contributed by atoms with Gasteiger partial charge in [0.25, 0.3) is 0 Å². The molecule has 61 heavy (non-hydrogen) atoms. The molecular formula is C56H36N4S. The zero-order chi connectivity index (χ0) is 40.5. The lowest BCUT2D eigenvalue weighted by atomic mass is 9.94. The Labute approximate surface area is 358 Å². The van der Waals surface area contributed by atoms with Crippen LogP contribution in [0.15, 0.2) is 218 Å². The van der Waals surface area contributed by atoms with Gasteiger partial charge in [-0.25, -0.2) is 19.9 Å². The zero-order valence-electron chi connectivity index (χ0n) is 33.0. The molecule has 11 aromatic rings. The largest absolute Gasteiger partial charge is 0.247 e. The summed E-state index contributed by atoms with van der Waals surface area (Å²) >= 11 is 1.83. The first kappa shape index (κ1) is 36.2. The third-order valence-electron chi connectivity index (χ3n) is 11.2. The van der Waals surface area contributed by atoms with Crippen molar-refractivity contribution < 1.29 is 0 Å². The Morgan fingerprint density at radius 2 is 0.705 bits per heavy atom. The molecule has 8 aromatic carbocycles. The maximum absolute atomic E-state index is 5.36. The highest BCUT2D eigenvalue weighted by atomic mass is 32.1. The molecule has 11 rings (SSSR count). The highest BCUT2D eigenvalue weighted by Crippen LogP contribution is 2.50. The average Bonchev–Trinajstić information content (AvgIpc) is 3.76. The second-order valence-electron chi connectivity index (χ2n) is 15.0. The summed E-state index contributed by atoms with van der Waals surface area (Å²) in [5, 5.41) is 2.28. The molecule has 4 nitrogen and oxygen atoms in total. The number of aromatic nitrogens is 4. The normalized spacial score (nSPS) is 11.3. The molecule has 0 spiro atoms. The van der Waals surface area contributed by atoms with E-state index in [-0.39, 0.29) is 0 Å². The van der Waals surface area contributed by atoms with E-state index < -0.39 is 0 Å². The Hall–Kier alpha value is -7.86. The van der Waals surface area contributed by atoms with Gasteiger partial charge in [0, 0.05) is 48.2 Å². The summed E-state index contributed by atoms with van der Waals surface area (Å²) in [6.45, 7) is 0. The molecule has 0 aliphatic heterocycles. The Kier molecular flexibility index (Phi) is 9.34. The van der Waals surface area contributed by atoms with Crippen molar-refractivity contribution in [3.05, 3.63) is 218 Å². The Morgan fingerprint density at radius 1 is 0.295 bits per heavy atom. The zero-order valence-corrected chi connectivity index (χ0v) is 33.8. The molecule has 0 saturated heterocycles. The van der Waals surface area contributed by atoms with Crippen molar-refractivity contribution >= 4 is 32.3 Å². The number of thiophene rings is 1. The third kappa shape index (κ3) is 6.97. The molecular weight excluding hydrogens is 761 g/mol. The summed E-state index contributed by atoms with van der Waals surface area (Å²) < 4.78 is 1.21. The summed E-state index contributed by atoms with van der Waals surface area (Å²) in [6.07, 6.45) is 0. The van der Waals surface area contributed by atoms with E-state index in [0.29, 0.717) is 17.5 Å². The van der Waals surface area contributed by atoms with Gasteiger partial charge in [0.2, 0.25) is 0 Å². The van der Waals surface area contributed by atoms with Gasteiger partial charge in [-0.2, -0.15) is 0 Å². The molecule has 3 aromatic heterocycles. The van der Waals surface area contributed by atoms with Crippen LogP contribution >= 0.6 is 11.3 Å². The molecule has 0 bridgehead atoms. The molecule has 0 radical (unpaired) electrons. The van der Waals surface area contributed by atoms with Gasteiger partial charge >= 0.3 is 0 Å². The van der Waals surface area contributed by atoms with Gasteiger partial charge in [-0.3, -0.25) is 0 Å². The monoisotopic (exact) mass is 796 g/mol. The maximum Gasteiger partial charge on any atom is 0.164 e. The van der Waals surface area contributed by atoms with Gasteiger partial charge in [-0.1, -0.05) is 206 Å². The maximum atomic E-state index is 5.36. The van der Waals surface area contributed by atoms with Crippen LogP contribution in [0.25, 0.3) is 110 Å². The van der Waals surface area contributed by atoms with E-state index in [1.54, 1.807) is 0 Å². The van der Waals surface area contributed by atoms with Gasteiger partial charge in [0.05, 0.1) is 11.2 Å². The first-order valence-electron chi connectivity index (χ1n) is 20.4. The van der Waals surface area contributed by atoms with Crippen molar-refractivity contribution in [3.8, 4) is 89.2 Å². The summed E-state index contributed by atoms with van der Waals surface area (Å²) in [5.74, 6) is 1.84. The van der Waals surface area contributed by atoms with Crippen LogP contribution in [0.2, 0.25) is 0 Å². The molecule has 0 atom stereocenters. The van der Waals surface area contributed by atoms with E-state index in [1.165, 1.54) is 9.58 Å². The molecule has 0 fully saturated rings. The van der Waals surface area contributed by atoms with Gasteiger partial charge in [0.15, 0.2) is 17.5 Å². The molecule has 0 saturated carbocycles. The smallest absolute Gasteiger partial charge is 0.164 e. The van der Waals surface area contributed by atoms with Crippen LogP contribution in [0.1, 0.15) is 0 Å². The number of hydrogen-bond donors (Lipinski definition) is 0. The lowest BCUT2D eigenvalue weighted by molar-refractivity contribution is 1.07. The van der Waals surface area contributed by atoms with Crippen molar-refractivity contribution in [2.75, 3.05) is 0 Å². The lowest BCUT2D eigenvalue weighted by Gasteiger charge is -2.13. The van der Waals surface area contributed by atoms with Crippen molar-refractivity contribution in [1.29, 1.82) is 0 Å². The standard InChI is InChI=1S/C56H36N4S/c1-5-16-37(17-6-1)39-28-32-43(33-29-39)54-58-55(44-34-30-40(31-35-44)38-18-7-2-8-19-38)60-56(59-54)46-25-15-24-45(36-46)49-50-51(41-20-9-3-10-21-41)57-48-27-14-13-26-47(48)53(50)61-52(49)42-22-11-4-12-23-42/h1-36H. The highest BCUT2D eigenvalue weighted by molar-refractivity contribution is 7.24. The topological polar surface area (TPSA) is 51.6 Å². The minimum Gasteiger partial charge on any atom is -0.247 e. The molecule has 0 N–H and O–H groups in total. The lowest BCUT2D eigenvalue weighted by Crippen LogP contribution is -2.00. The first-order chi connectivity index (χ1) is 30.2. The first-order valence-corrected chi connectivity index (χ1v) is 21.2. The number of hydrogen-bond acceptors (Lipinski definition) is 5. The number of benzene rings is 8. The quantitative estimate of drug-likeness (QED) is 0.154. The van der Waals surface area contributed by atoms with Crippen LogP contribution in [-0.2, 0) is 0 Å². The van der Waals surface area contributed by atoms with Crippen LogP contribution in [0.3, 0.4) is 0 Å². The van der Waals surface area contributed by atoms with Gasteiger partial charge < -0.3 is 0 Å². The van der Waals surface area contributed by atoms with Crippen LogP contribution in [0.5, 0.6) is 0 Å². The second-order valence-corrected chi connectivity index (χ2v) is 16.0. The predicted molar refractivity (Wildman–Crippen MR) is 254 cm³/mol. The second kappa shape index (κ2) is 15.7. The van der Waals surface area contributed by atoms with E-state index in [9.17, 15) is 0 Å². The molecule has 0 unspecified atom stereocenters. The Bertz CT molecular complexity index is 3210. The van der Waals surface area contributed by atoms with Crippen molar-refractivity contribution in [2.24, 2.45) is 0 Å². The molecule has 0 aliphatic carbocycles. The summed E-state index contributed by atoms with van der Waals surface area (Å²) in [6, 6.07) is 76.2. The van der Waals surface area contributed by atoms with E-state index in [4.69, 9.17) is 19.9 Å². The van der Waals surface area contributed by atoms with E-state index >= 15 is 0 Å². The summed E-state index contributed by atoms with van der Waals surface area (Å²) in [4.78, 5) is 22.1. The number of nitrogens with zero attached hydrogens (tertiary/aromatic N) is 4. The number of rotatable bonds is 8. The fourth-order valence-corrected chi connectivity index (χ4v) is 9.48. The highest BCUT2D eigenvalue weighted by Gasteiger charge is 2.23.